The van der Waals surface area contributed by atoms with Crippen molar-refractivity contribution in [3.05, 3.63) is 82.9 Å². The summed E-state index contributed by atoms with van der Waals surface area (Å²) in [6, 6.07) is 20.2. The number of carbonyl (C=O) groups is 1. The van der Waals surface area contributed by atoms with Gasteiger partial charge in [-0.05, 0) is 42.0 Å². The van der Waals surface area contributed by atoms with E-state index in [1.165, 1.54) is 0 Å². The second kappa shape index (κ2) is 6.57. The zero-order valence-electron chi connectivity index (χ0n) is 12.8. The number of hydrogen-bond acceptors (Lipinski definition) is 1. The smallest absolute Gasteiger partial charge is 0.185 e. The maximum absolute atomic E-state index is 12.7. The van der Waals surface area contributed by atoms with E-state index >= 15 is 0 Å². The van der Waals surface area contributed by atoms with Crippen LogP contribution in [0.5, 0.6) is 0 Å². The zero-order chi connectivity index (χ0) is 15.4. The lowest BCUT2D eigenvalue weighted by atomic mass is 9.81. The molecule has 1 unspecified atom stereocenters. The van der Waals surface area contributed by atoms with Gasteiger partial charge in [0.2, 0.25) is 0 Å². The molecular formula is C21H20O. The van der Waals surface area contributed by atoms with Gasteiger partial charge in [-0.15, -0.1) is 0 Å². The summed E-state index contributed by atoms with van der Waals surface area (Å²) in [6.07, 6.45) is 5.80. The Morgan fingerprint density at radius 3 is 1.59 bits per heavy atom. The fourth-order valence-electron chi connectivity index (χ4n) is 2.96. The second-order valence-electron chi connectivity index (χ2n) is 6.00. The van der Waals surface area contributed by atoms with Gasteiger partial charge in [0, 0.05) is 11.1 Å². The molecule has 2 aromatic carbocycles. The Labute approximate surface area is 132 Å². The lowest BCUT2D eigenvalue weighted by Gasteiger charge is -2.22. The predicted octanol–water partition coefficient (Wildman–Crippen LogP) is 5.15. The number of ketones is 1. The fraction of sp³-hybridized carbons (Fsp3) is 0.190. The van der Waals surface area contributed by atoms with Crippen molar-refractivity contribution in [3.8, 4) is 0 Å². The first-order chi connectivity index (χ1) is 10.7. The molecule has 0 amide bonds. The van der Waals surface area contributed by atoms with E-state index in [1.807, 2.05) is 72.8 Å². The van der Waals surface area contributed by atoms with Crippen LogP contribution < -0.4 is 0 Å². The van der Waals surface area contributed by atoms with Crippen molar-refractivity contribution in [1.29, 1.82) is 0 Å². The van der Waals surface area contributed by atoms with Crippen molar-refractivity contribution in [2.75, 3.05) is 0 Å². The standard InChI is InChI=1S/C21H20O/c1-16-12-19(14-17-8-4-2-5-9-17)21(22)20(13-16)15-18-10-6-3-7-11-18/h2-11,14-16H,12-13H2,1H3/b19-14+,20-15?. The first kappa shape index (κ1) is 14.5. The summed E-state index contributed by atoms with van der Waals surface area (Å²) in [4.78, 5) is 12.7. The fourth-order valence-corrected chi connectivity index (χ4v) is 2.96. The van der Waals surface area contributed by atoms with Crippen LogP contribution in [0.4, 0.5) is 0 Å². The SMILES string of the molecule is CC1CC(=Cc2ccccc2)C(=O)/C(=C/c2ccccc2)C1. The van der Waals surface area contributed by atoms with E-state index in [1.54, 1.807) is 0 Å². The largest absolute Gasteiger partial charge is 0.289 e. The van der Waals surface area contributed by atoms with Crippen LogP contribution in [0.1, 0.15) is 30.9 Å². The summed E-state index contributed by atoms with van der Waals surface area (Å²) >= 11 is 0. The third-order valence-electron chi connectivity index (χ3n) is 4.00. The van der Waals surface area contributed by atoms with Crippen molar-refractivity contribution in [2.45, 2.75) is 19.8 Å². The Morgan fingerprint density at radius 2 is 1.18 bits per heavy atom. The third-order valence-corrected chi connectivity index (χ3v) is 4.00. The predicted molar refractivity (Wildman–Crippen MR) is 92.2 cm³/mol. The van der Waals surface area contributed by atoms with E-state index in [9.17, 15) is 4.79 Å². The molecule has 0 aliphatic heterocycles. The molecule has 0 N–H and O–H groups in total. The molecule has 0 aromatic heterocycles. The van der Waals surface area contributed by atoms with Crippen LogP contribution in [-0.4, -0.2) is 5.78 Å². The van der Waals surface area contributed by atoms with E-state index in [0.29, 0.717) is 5.92 Å². The average molecular weight is 288 g/mol. The highest BCUT2D eigenvalue weighted by molar-refractivity contribution is 6.14. The van der Waals surface area contributed by atoms with Gasteiger partial charge in [-0.2, -0.15) is 0 Å². The number of allylic oxidation sites excluding steroid dienone is 2. The summed E-state index contributed by atoms with van der Waals surface area (Å²) in [5.41, 5.74) is 4.04. The number of Topliss-reactive ketones (excluding diaryl/α,β-unsaturated/α-hetero) is 1. The highest BCUT2D eigenvalue weighted by Gasteiger charge is 2.25. The van der Waals surface area contributed by atoms with Crippen LogP contribution in [0.25, 0.3) is 12.2 Å². The van der Waals surface area contributed by atoms with Crippen LogP contribution >= 0.6 is 0 Å². The monoisotopic (exact) mass is 288 g/mol. The van der Waals surface area contributed by atoms with Crippen LogP contribution in [-0.2, 0) is 4.79 Å². The maximum atomic E-state index is 12.7. The second-order valence-corrected chi connectivity index (χ2v) is 6.00. The van der Waals surface area contributed by atoms with Gasteiger partial charge in [0.05, 0.1) is 0 Å². The minimum absolute atomic E-state index is 0.200. The van der Waals surface area contributed by atoms with E-state index in [-0.39, 0.29) is 5.78 Å². The molecule has 3 rings (SSSR count). The minimum atomic E-state index is 0.200. The maximum Gasteiger partial charge on any atom is 0.185 e. The third kappa shape index (κ3) is 3.43. The Hall–Kier alpha value is -2.41. The van der Waals surface area contributed by atoms with Crippen molar-refractivity contribution in [2.24, 2.45) is 5.92 Å². The van der Waals surface area contributed by atoms with E-state index in [2.05, 4.69) is 6.92 Å². The van der Waals surface area contributed by atoms with Gasteiger partial charge < -0.3 is 0 Å². The zero-order valence-corrected chi connectivity index (χ0v) is 12.8. The first-order valence-corrected chi connectivity index (χ1v) is 7.78. The van der Waals surface area contributed by atoms with Crippen molar-refractivity contribution < 1.29 is 4.79 Å². The Balaban J connectivity index is 1.92. The highest BCUT2D eigenvalue weighted by Crippen LogP contribution is 2.31. The summed E-state index contributed by atoms with van der Waals surface area (Å²) in [5.74, 6) is 0.702. The molecule has 0 heterocycles. The van der Waals surface area contributed by atoms with Gasteiger partial charge in [0.15, 0.2) is 5.78 Å². The quantitative estimate of drug-likeness (QED) is 0.698. The molecule has 1 saturated carbocycles. The van der Waals surface area contributed by atoms with Gasteiger partial charge in [-0.3, -0.25) is 4.79 Å². The summed E-state index contributed by atoms with van der Waals surface area (Å²) in [7, 11) is 0. The van der Waals surface area contributed by atoms with Gasteiger partial charge >= 0.3 is 0 Å². The van der Waals surface area contributed by atoms with Crippen LogP contribution in [0.15, 0.2) is 71.8 Å². The summed E-state index contributed by atoms with van der Waals surface area (Å²) < 4.78 is 0. The molecule has 0 bridgehead atoms. The number of carbonyl (C=O) groups excluding carboxylic acids is 1. The summed E-state index contributed by atoms with van der Waals surface area (Å²) in [5, 5.41) is 0. The lowest BCUT2D eigenvalue weighted by molar-refractivity contribution is -0.113. The highest BCUT2D eigenvalue weighted by atomic mass is 16.1. The van der Waals surface area contributed by atoms with Crippen molar-refractivity contribution in [1.82, 2.24) is 0 Å². The molecule has 1 atom stereocenters. The molecule has 0 saturated heterocycles. The topological polar surface area (TPSA) is 17.1 Å². The lowest BCUT2D eigenvalue weighted by Crippen LogP contribution is -2.18. The molecule has 1 aliphatic rings. The first-order valence-electron chi connectivity index (χ1n) is 7.78. The van der Waals surface area contributed by atoms with Crippen LogP contribution in [0.2, 0.25) is 0 Å². The molecule has 0 radical (unpaired) electrons. The molecule has 0 spiro atoms. The molecule has 1 heteroatoms. The van der Waals surface area contributed by atoms with E-state index in [0.717, 1.165) is 35.1 Å². The Morgan fingerprint density at radius 1 is 0.773 bits per heavy atom. The van der Waals surface area contributed by atoms with Gasteiger partial charge in [0.1, 0.15) is 0 Å². The Bertz CT molecular complexity index is 647. The van der Waals surface area contributed by atoms with Gasteiger partial charge in [-0.1, -0.05) is 67.6 Å². The summed E-state index contributed by atoms with van der Waals surface area (Å²) in [6.45, 7) is 2.21. The Kier molecular flexibility index (Phi) is 4.34. The normalized spacial score (nSPS) is 22.2. The van der Waals surface area contributed by atoms with E-state index < -0.39 is 0 Å². The minimum Gasteiger partial charge on any atom is -0.289 e. The number of hydrogen-bond donors (Lipinski definition) is 0. The molecule has 1 fully saturated rings. The van der Waals surface area contributed by atoms with Gasteiger partial charge in [-0.25, -0.2) is 0 Å². The van der Waals surface area contributed by atoms with Crippen LogP contribution in [0, 0.1) is 5.92 Å². The molecule has 1 aliphatic carbocycles. The van der Waals surface area contributed by atoms with Crippen LogP contribution in [0.3, 0.4) is 0 Å². The van der Waals surface area contributed by atoms with Crippen molar-refractivity contribution in [3.63, 3.8) is 0 Å². The number of rotatable bonds is 2. The van der Waals surface area contributed by atoms with Crippen molar-refractivity contribution >= 4 is 17.9 Å². The molecule has 22 heavy (non-hydrogen) atoms. The average Bonchev–Trinajstić information content (AvgIpc) is 2.54. The molecule has 2 aromatic rings. The molecular weight excluding hydrogens is 268 g/mol. The van der Waals surface area contributed by atoms with Gasteiger partial charge in [0.25, 0.3) is 0 Å². The number of benzene rings is 2. The van der Waals surface area contributed by atoms with E-state index in [4.69, 9.17) is 0 Å². The molecule has 1 nitrogen and oxygen atoms in total. The molecule has 110 valence electrons.